The number of hydrogen-bond acceptors (Lipinski definition) is 5. The van der Waals surface area contributed by atoms with E-state index in [0.29, 0.717) is 16.5 Å². The number of halogens is 1. The van der Waals surface area contributed by atoms with Crippen molar-refractivity contribution >= 4 is 29.1 Å². The van der Waals surface area contributed by atoms with Crippen LogP contribution in [0.5, 0.6) is 5.75 Å². The van der Waals surface area contributed by atoms with E-state index in [1.807, 2.05) is 0 Å². The standard InChI is InChI=1S/C18H23ClN4O3/c1-18(11-20,12-4-5-12)22-17(25)10-23(2)9-16(24)21-14-8-13(19)6-7-15(14)26-3/h6-8,12H,4-5,9-10H2,1-3H3,(H,21,24)(H,22,25). The zero-order chi connectivity index (χ0) is 19.3. The summed E-state index contributed by atoms with van der Waals surface area (Å²) in [6, 6.07) is 7.10. The second kappa shape index (κ2) is 8.39. The summed E-state index contributed by atoms with van der Waals surface area (Å²) in [6.07, 6.45) is 1.90. The second-order valence-corrected chi connectivity index (χ2v) is 7.14. The molecule has 0 heterocycles. The fourth-order valence-corrected chi connectivity index (χ4v) is 2.90. The van der Waals surface area contributed by atoms with Crippen LogP contribution in [0.2, 0.25) is 5.02 Å². The van der Waals surface area contributed by atoms with Crippen LogP contribution >= 0.6 is 11.6 Å². The molecule has 0 spiro atoms. The van der Waals surface area contributed by atoms with Gasteiger partial charge in [-0.25, -0.2) is 0 Å². The van der Waals surface area contributed by atoms with E-state index in [4.69, 9.17) is 16.3 Å². The molecule has 1 atom stereocenters. The van der Waals surface area contributed by atoms with Gasteiger partial charge in [0.15, 0.2) is 0 Å². The molecule has 2 amide bonds. The molecule has 8 heteroatoms. The molecule has 0 aromatic heterocycles. The Bertz CT molecular complexity index is 730. The van der Waals surface area contributed by atoms with E-state index in [9.17, 15) is 14.9 Å². The Morgan fingerprint density at radius 1 is 1.38 bits per heavy atom. The maximum Gasteiger partial charge on any atom is 0.238 e. The third-order valence-electron chi connectivity index (χ3n) is 4.29. The van der Waals surface area contributed by atoms with Gasteiger partial charge in [0, 0.05) is 5.02 Å². The highest BCUT2D eigenvalue weighted by Gasteiger charge is 2.43. The van der Waals surface area contributed by atoms with Gasteiger partial charge in [-0.1, -0.05) is 11.6 Å². The molecule has 1 aliphatic carbocycles. The SMILES string of the molecule is COc1ccc(Cl)cc1NC(=O)CN(C)CC(=O)NC(C)(C#N)C1CC1. The maximum atomic E-state index is 12.2. The lowest BCUT2D eigenvalue weighted by Gasteiger charge is -2.24. The predicted molar refractivity (Wildman–Crippen MR) is 99.0 cm³/mol. The lowest BCUT2D eigenvalue weighted by molar-refractivity contribution is -0.124. The van der Waals surface area contributed by atoms with Gasteiger partial charge in [0.05, 0.1) is 32.0 Å². The van der Waals surface area contributed by atoms with E-state index in [1.54, 1.807) is 37.1 Å². The summed E-state index contributed by atoms with van der Waals surface area (Å²) in [5.41, 5.74) is -0.373. The smallest absolute Gasteiger partial charge is 0.238 e. The monoisotopic (exact) mass is 378 g/mol. The number of nitriles is 1. The van der Waals surface area contributed by atoms with Gasteiger partial charge in [-0.3, -0.25) is 14.5 Å². The summed E-state index contributed by atoms with van der Waals surface area (Å²) in [7, 11) is 3.16. The number of amides is 2. The highest BCUT2D eigenvalue weighted by atomic mass is 35.5. The number of hydrogen-bond donors (Lipinski definition) is 2. The van der Waals surface area contributed by atoms with Gasteiger partial charge in [0.25, 0.3) is 0 Å². The third-order valence-corrected chi connectivity index (χ3v) is 4.52. The molecule has 1 aliphatic rings. The normalized spacial score (nSPS) is 15.7. The predicted octanol–water partition coefficient (Wildman–Crippen LogP) is 2.03. The summed E-state index contributed by atoms with van der Waals surface area (Å²) in [6.45, 7) is 1.76. The van der Waals surface area contributed by atoms with Crippen molar-refractivity contribution < 1.29 is 14.3 Å². The molecule has 1 fully saturated rings. The van der Waals surface area contributed by atoms with Crippen molar-refractivity contribution in [3.63, 3.8) is 0 Å². The summed E-state index contributed by atoms with van der Waals surface area (Å²) >= 11 is 5.94. The molecule has 2 rings (SSSR count). The fraction of sp³-hybridized carbons (Fsp3) is 0.500. The lowest BCUT2D eigenvalue weighted by atomic mass is 9.98. The number of methoxy groups -OCH3 is 1. The highest BCUT2D eigenvalue weighted by Crippen LogP contribution is 2.39. The minimum absolute atomic E-state index is 0.00971. The van der Waals surface area contributed by atoms with E-state index in [0.717, 1.165) is 12.8 Å². The molecular formula is C18H23ClN4O3. The topological polar surface area (TPSA) is 94.5 Å². The number of rotatable bonds is 8. The maximum absolute atomic E-state index is 12.2. The van der Waals surface area contributed by atoms with Crippen LogP contribution in [0.4, 0.5) is 5.69 Å². The zero-order valence-electron chi connectivity index (χ0n) is 15.1. The summed E-state index contributed by atoms with van der Waals surface area (Å²) in [4.78, 5) is 26.0. The highest BCUT2D eigenvalue weighted by molar-refractivity contribution is 6.31. The van der Waals surface area contributed by atoms with Gasteiger partial charge in [0.1, 0.15) is 11.3 Å². The minimum Gasteiger partial charge on any atom is -0.495 e. The average Bonchev–Trinajstić information content (AvgIpc) is 3.39. The first-order valence-electron chi connectivity index (χ1n) is 8.31. The molecule has 1 aromatic carbocycles. The van der Waals surface area contributed by atoms with Gasteiger partial charge >= 0.3 is 0 Å². The number of likely N-dealkylation sites (N-methyl/N-ethyl adjacent to an activating group) is 1. The first-order valence-corrected chi connectivity index (χ1v) is 8.69. The molecule has 7 nitrogen and oxygen atoms in total. The van der Waals surface area contributed by atoms with Crippen molar-refractivity contribution in [3.8, 4) is 11.8 Å². The Kier molecular flexibility index (Phi) is 6.46. The molecule has 1 unspecified atom stereocenters. The Hall–Kier alpha value is -2.30. The number of ether oxygens (including phenoxy) is 1. The van der Waals surface area contributed by atoms with Crippen LogP contribution in [0.15, 0.2) is 18.2 Å². The minimum atomic E-state index is -0.839. The molecule has 0 radical (unpaired) electrons. The lowest BCUT2D eigenvalue weighted by Crippen LogP contribution is -2.50. The van der Waals surface area contributed by atoms with Crippen molar-refractivity contribution in [2.45, 2.75) is 25.3 Å². The molecule has 2 N–H and O–H groups in total. The molecule has 1 aromatic rings. The van der Waals surface area contributed by atoms with Crippen molar-refractivity contribution in [1.29, 1.82) is 5.26 Å². The molecule has 0 aliphatic heterocycles. The zero-order valence-corrected chi connectivity index (χ0v) is 15.9. The number of carbonyl (C=O) groups is 2. The molecular weight excluding hydrogens is 356 g/mol. The van der Waals surface area contributed by atoms with Gasteiger partial charge in [0.2, 0.25) is 11.8 Å². The number of nitrogens with one attached hydrogen (secondary N) is 2. The van der Waals surface area contributed by atoms with Crippen molar-refractivity contribution in [2.75, 3.05) is 32.6 Å². The Labute approximate surface area is 158 Å². The Morgan fingerprint density at radius 3 is 2.62 bits per heavy atom. The summed E-state index contributed by atoms with van der Waals surface area (Å²) in [5, 5.41) is 15.3. The first kappa shape index (κ1) is 20.0. The van der Waals surface area contributed by atoms with Crippen LogP contribution in [0.25, 0.3) is 0 Å². The van der Waals surface area contributed by atoms with Crippen molar-refractivity contribution in [2.24, 2.45) is 5.92 Å². The van der Waals surface area contributed by atoms with E-state index < -0.39 is 5.54 Å². The van der Waals surface area contributed by atoms with E-state index in [2.05, 4.69) is 16.7 Å². The van der Waals surface area contributed by atoms with Gasteiger partial charge in [-0.15, -0.1) is 0 Å². The van der Waals surface area contributed by atoms with E-state index >= 15 is 0 Å². The van der Waals surface area contributed by atoms with E-state index in [1.165, 1.54) is 7.11 Å². The summed E-state index contributed by atoms with van der Waals surface area (Å²) < 4.78 is 5.18. The van der Waals surface area contributed by atoms with Crippen LogP contribution in [-0.2, 0) is 9.59 Å². The molecule has 1 saturated carbocycles. The summed E-state index contributed by atoms with van der Waals surface area (Å²) in [5.74, 6) is 0.125. The quantitative estimate of drug-likeness (QED) is 0.721. The van der Waals surface area contributed by atoms with Crippen LogP contribution < -0.4 is 15.4 Å². The van der Waals surface area contributed by atoms with Gasteiger partial charge in [-0.05, 0) is 50.9 Å². The van der Waals surface area contributed by atoms with Crippen LogP contribution in [0, 0.1) is 17.2 Å². The van der Waals surface area contributed by atoms with E-state index in [-0.39, 0.29) is 30.8 Å². The Balaban J connectivity index is 1.86. The first-order chi connectivity index (χ1) is 12.3. The van der Waals surface area contributed by atoms with Crippen molar-refractivity contribution in [1.82, 2.24) is 10.2 Å². The van der Waals surface area contributed by atoms with Crippen LogP contribution in [-0.4, -0.2) is 49.5 Å². The molecule has 0 saturated heterocycles. The number of anilines is 1. The van der Waals surface area contributed by atoms with Crippen molar-refractivity contribution in [3.05, 3.63) is 23.2 Å². The average molecular weight is 379 g/mol. The van der Waals surface area contributed by atoms with Crippen LogP contribution in [0.1, 0.15) is 19.8 Å². The fourth-order valence-electron chi connectivity index (χ4n) is 2.72. The number of carbonyl (C=O) groups excluding carboxylic acids is 2. The van der Waals surface area contributed by atoms with Gasteiger partial charge < -0.3 is 15.4 Å². The Morgan fingerprint density at radius 2 is 2.04 bits per heavy atom. The third kappa shape index (κ3) is 5.35. The molecule has 140 valence electrons. The van der Waals surface area contributed by atoms with Crippen LogP contribution in [0.3, 0.4) is 0 Å². The van der Waals surface area contributed by atoms with Gasteiger partial charge in [-0.2, -0.15) is 5.26 Å². The molecule has 26 heavy (non-hydrogen) atoms. The number of benzene rings is 1. The largest absolute Gasteiger partial charge is 0.495 e. The number of nitrogens with zero attached hydrogens (tertiary/aromatic N) is 2. The second-order valence-electron chi connectivity index (χ2n) is 6.70. The molecule has 0 bridgehead atoms.